The zero-order valence-corrected chi connectivity index (χ0v) is 16.3. The van der Waals surface area contributed by atoms with E-state index in [0.29, 0.717) is 21.1 Å². The Morgan fingerprint density at radius 1 is 1.18 bits per heavy atom. The molecule has 140 valence electrons. The predicted octanol–water partition coefficient (Wildman–Crippen LogP) is 4.65. The van der Waals surface area contributed by atoms with Crippen LogP contribution >= 0.6 is 11.3 Å². The van der Waals surface area contributed by atoms with E-state index in [4.69, 9.17) is 5.26 Å². The molecule has 0 radical (unpaired) electrons. The Balaban J connectivity index is 1.96. The van der Waals surface area contributed by atoms with E-state index in [1.165, 1.54) is 6.07 Å². The van der Waals surface area contributed by atoms with Crippen LogP contribution in [0, 0.1) is 18.3 Å². The maximum Gasteiger partial charge on any atom is 0.225 e. The van der Waals surface area contributed by atoms with Gasteiger partial charge in [-0.1, -0.05) is 48.1 Å². The minimum atomic E-state index is -0.294. The number of carbonyl (C=O) groups excluding carboxylic acids is 2. The Morgan fingerprint density at radius 3 is 2.61 bits per heavy atom. The van der Waals surface area contributed by atoms with Gasteiger partial charge < -0.3 is 10.6 Å². The molecule has 0 unspecified atom stereocenters. The van der Waals surface area contributed by atoms with Gasteiger partial charge in [0, 0.05) is 17.7 Å². The number of aromatic nitrogens is 1. The molecule has 1 heterocycles. The third-order valence-electron chi connectivity index (χ3n) is 3.97. The summed E-state index contributed by atoms with van der Waals surface area (Å²) >= 11 is 1.16. The molecule has 6 nitrogen and oxygen atoms in total. The number of rotatable bonds is 6. The molecule has 0 aliphatic heterocycles. The fourth-order valence-electron chi connectivity index (χ4n) is 2.45. The van der Waals surface area contributed by atoms with Crippen molar-refractivity contribution in [2.45, 2.75) is 20.3 Å². The van der Waals surface area contributed by atoms with Crippen LogP contribution in [0.1, 0.15) is 39.7 Å². The van der Waals surface area contributed by atoms with Crippen molar-refractivity contribution < 1.29 is 9.59 Å². The standard InChI is InChI=1S/C21H18N4O2S/c1-3-17(26)24-20-19(18(27)15-6-4-5-14(11-15)12-22)28-21(25-20)23-16-9-7-13(2)8-10-16/h4-11H,3H2,1-2H3,(H,23,25)(H,24,26). The first-order chi connectivity index (χ1) is 13.5. The van der Waals surface area contributed by atoms with Crippen molar-refractivity contribution >= 4 is 39.7 Å². The number of nitrogens with one attached hydrogen (secondary N) is 2. The number of amides is 1. The van der Waals surface area contributed by atoms with Crippen LogP contribution in [0.25, 0.3) is 0 Å². The largest absolute Gasteiger partial charge is 0.331 e. The lowest BCUT2D eigenvalue weighted by atomic mass is 10.1. The van der Waals surface area contributed by atoms with Crippen LogP contribution in [0.3, 0.4) is 0 Å². The highest BCUT2D eigenvalue weighted by Gasteiger charge is 2.21. The monoisotopic (exact) mass is 390 g/mol. The molecule has 0 saturated heterocycles. The van der Waals surface area contributed by atoms with Crippen LogP contribution in [-0.4, -0.2) is 16.7 Å². The van der Waals surface area contributed by atoms with Crippen molar-refractivity contribution in [3.05, 3.63) is 70.1 Å². The summed E-state index contributed by atoms with van der Waals surface area (Å²) in [6.45, 7) is 3.72. The Hall–Kier alpha value is -3.50. The van der Waals surface area contributed by atoms with Crippen molar-refractivity contribution in [1.29, 1.82) is 5.26 Å². The normalized spacial score (nSPS) is 10.2. The number of thiazole rings is 1. The summed E-state index contributed by atoms with van der Waals surface area (Å²) in [5, 5.41) is 15.4. The Kier molecular flexibility index (Phi) is 5.82. The number of carbonyl (C=O) groups is 2. The van der Waals surface area contributed by atoms with E-state index in [9.17, 15) is 9.59 Å². The van der Waals surface area contributed by atoms with E-state index in [0.717, 1.165) is 22.6 Å². The number of anilines is 3. The van der Waals surface area contributed by atoms with Crippen LogP contribution in [0.15, 0.2) is 48.5 Å². The quantitative estimate of drug-likeness (QED) is 0.598. The Morgan fingerprint density at radius 2 is 1.93 bits per heavy atom. The average Bonchev–Trinajstić information content (AvgIpc) is 3.11. The summed E-state index contributed by atoms with van der Waals surface area (Å²) in [5.74, 6) is -0.302. The molecule has 7 heteroatoms. The van der Waals surface area contributed by atoms with E-state index in [1.807, 2.05) is 37.3 Å². The molecule has 1 aromatic heterocycles. The molecular formula is C21H18N4O2S. The number of benzene rings is 2. The van der Waals surface area contributed by atoms with Crippen molar-refractivity contribution in [2.24, 2.45) is 0 Å². The highest BCUT2D eigenvalue weighted by Crippen LogP contribution is 2.31. The third-order valence-corrected chi connectivity index (χ3v) is 4.94. The third kappa shape index (κ3) is 4.42. The lowest BCUT2D eigenvalue weighted by Gasteiger charge is -2.03. The fraction of sp³-hybridized carbons (Fsp3) is 0.143. The van der Waals surface area contributed by atoms with Gasteiger partial charge in [0.25, 0.3) is 0 Å². The highest BCUT2D eigenvalue weighted by molar-refractivity contribution is 7.18. The number of hydrogen-bond acceptors (Lipinski definition) is 6. The first-order valence-corrected chi connectivity index (χ1v) is 9.51. The Labute approximate surface area is 166 Å². The van der Waals surface area contributed by atoms with E-state index in [2.05, 4.69) is 15.6 Å². The number of nitrogens with zero attached hydrogens (tertiary/aromatic N) is 2. The predicted molar refractivity (Wildman–Crippen MR) is 110 cm³/mol. The molecule has 0 atom stereocenters. The smallest absolute Gasteiger partial charge is 0.225 e. The number of hydrogen-bond donors (Lipinski definition) is 2. The molecule has 0 spiro atoms. The molecular weight excluding hydrogens is 372 g/mol. The second-order valence-electron chi connectivity index (χ2n) is 6.11. The molecule has 0 bridgehead atoms. The van der Waals surface area contributed by atoms with Gasteiger partial charge in [-0.25, -0.2) is 4.98 Å². The fourth-order valence-corrected chi connectivity index (χ4v) is 3.36. The van der Waals surface area contributed by atoms with E-state index in [1.54, 1.807) is 25.1 Å². The van der Waals surface area contributed by atoms with Gasteiger partial charge in [0.1, 0.15) is 4.88 Å². The van der Waals surface area contributed by atoms with Crippen LogP contribution in [0.2, 0.25) is 0 Å². The lowest BCUT2D eigenvalue weighted by molar-refractivity contribution is -0.115. The van der Waals surface area contributed by atoms with E-state index < -0.39 is 0 Å². The number of aryl methyl sites for hydroxylation is 1. The van der Waals surface area contributed by atoms with Gasteiger partial charge in [0.15, 0.2) is 10.9 Å². The van der Waals surface area contributed by atoms with Crippen LogP contribution in [0.4, 0.5) is 16.6 Å². The molecule has 0 aliphatic carbocycles. The van der Waals surface area contributed by atoms with Gasteiger partial charge in [-0.3, -0.25) is 9.59 Å². The van der Waals surface area contributed by atoms with Gasteiger partial charge in [-0.15, -0.1) is 0 Å². The summed E-state index contributed by atoms with van der Waals surface area (Å²) in [5.41, 5.74) is 2.73. The first kappa shape index (κ1) is 19.3. The van der Waals surface area contributed by atoms with Crippen LogP contribution < -0.4 is 10.6 Å². The van der Waals surface area contributed by atoms with Gasteiger partial charge in [-0.05, 0) is 31.2 Å². The minimum absolute atomic E-state index is 0.221. The van der Waals surface area contributed by atoms with Gasteiger partial charge in [0.2, 0.25) is 11.7 Å². The van der Waals surface area contributed by atoms with Gasteiger partial charge >= 0.3 is 0 Å². The van der Waals surface area contributed by atoms with Crippen LogP contribution in [0.5, 0.6) is 0 Å². The molecule has 0 fully saturated rings. The van der Waals surface area contributed by atoms with E-state index in [-0.39, 0.29) is 23.9 Å². The maximum absolute atomic E-state index is 13.0. The van der Waals surface area contributed by atoms with Crippen molar-refractivity contribution in [3.8, 4) is 6.07 Å². The summed E-state index contributed by atoms with van der Waals surface area (Å²) in [4.78, 5) is 29.6. The summed E-state index contributed by atoms with van der Waals surface area (Å²) in [6.07, 6.45) is 0.274. The molecule has 1 amide bonds. The summed E-state index contributed by atoms with van der Waals surface area (Å²) in [7, 11) is 0. The maximum atomic E-state index is 13.0. The molecule has 0 saturated carbocycles. The van der Waals surface area contributed by atoms with Crippen molar-refractivity contribution in [3.63, 3.8) is 0 Å². The molecule has 2 N–H and O–H groups in total. The number of ketones is 1. The number of nitriles is 1. The minimum Gasteiger partial charge on any atom is -0.331 e. The summed E-state index contributed by atoms with van der Waals surface area (Å²) in [6, 6.07) is 16.2. The Bertz CT molecular complexity index is 1060. The second kappa shape index (κ2) is 8.46. The van der Waals surface area contributed by atoms with Gasteiger partial charge in [0.05, 0.1) is 11.6 Å². The molecule has 3 aromatic rings. The topological polar surface area (TPSA) is 94.9 Å². The first-order valence-electron chi connectivity index (χ1n) is 8.69. The van der Waals surface area contributed by atoms with Crippen molar-refractivity contribution in [2.75, 3.05) is 10.6 Å². The zero-order valence-electron chi connectivity index (χ0n) is 15.4. The van der Waals surface area contributed by atoms with Crippen LogP contribution in [-0.2, 0) is 4.79 Å². The highest BCUT2D eigenvalue weighted by atomic mass is 32.1. The van der Waals surface area contributed by atoms with Crippen molar-refractivity contribution in [1.82, 2.24) is 4.98 Å². The SMILES string of the molecule is CCC(=O)Nc1nc(Nc2ccc(C)cc2)sc1C(=O)c1cccc(C#N)c1. The zero-order chi connectivity index (χ0) is 20.1. The summed E-state index contributed by atoms with van der Waals surface area (Å²) < 4.78 is 0. The lowest BCUT2D eigenvalue weighted by Crippen LogP contribution is -2.13. The van der Waals surface area contributed by atoms with E-state index >= 15 is 0 Å². The second-order valence-corrected chi connectivity index (χ2v) is 7.11. The molecule has 0 aliphatic rings. The average molecular weight is 390 g/mol. The molecule has 28 heavy (non-hydrogen) atoms. The molecule has 2 aromatic carbocycles. The molecule has 3 rings (SSSR count). The van der Waals surface area contributed by atoms with Gasteiger partial charge in [-0.2, -0.15) is 5.26 Å².